The molecule has 0 bridgehead atoms. The highest BCUT2D eigenvalue weighted by Crippen LogP contribution is 2.12. The Labute approximate surface area is 80.1 Å². The van der Waals surface area contributed by atoms with Crippen LogP contribution in [-0.2, 0) is 4.74 Å². The van der Waals surface area contributed by atoms with E-state index >= 15 is 0 Å². The van der Waals surface area contributed by atoms with E-state index < -0.39 is 11.8 Å². The van der Waals surface area contributed by atoms with Gasteiger partial charge in [0.05, 0.1) is 12.2 Å². The lowest BCUT2D eigenvalue weighted by Gasteiger charge is -2.04. The Balaban J connectivity index is 2.80. The molecule has 1 rings (SSSR count). The van der Waals surface area contributed by atoms with Gasteiger partial charge in [-0.25, -0.2) is 9.18 Å². The molecule has 14 heavy (non-hydrogen) atoms. The van der Waals surface area contributed by atoms with E-state index in [-0.39, 0.29) is 24.5 Å². The Morgan fingerprint density at radius 2 is 2.29 bits per heavy atom. The van der Waals surface area contributed by atoms with E-state index in [4.69, 9.17) is 10.8 Å². The standard InChI is InChI=1S/C9H10FNO3/c10-8-5-6(11)1-2-7(8)9(13)14-4-3-12/h1-2,5,12H,3-4,11H2. The van der Waals surface area contributed by atoms with Gasteiger partial charge in [0.2, 0.25) is 0 Å². The van der Waals surface area contributed by atoms with Gasteiger partial charge in [0.25, 0.3) is 0 Å². The smallest absolute Gasteiger partial charge is 0.341 e. The first-order chi connectivity index (χ1) is 6.65. The van der Waals surface area contributed by atoms with Gasteiger partial charge in [0.1, 0.15) is 12.4 Å². The van der Waals surface area contributed by atoms with Crippen molar-refractivity contribution in [2.45, 2.75) is 0 Å². The van der Waals surface area contributed by atoms with Crippen LogP contribution < -0.4 is 5.73 Å². The van der Waals surface area contributed by atoms with Crippen molar-refractivity contribution < 1.29 is 19.0 Å². The third kappa shape index (κ3) is 2.43. The summed E-state index contributed by atoms with van der Waals surface area (Å²) in [4.78, 5) is 11.1. The molecule has 0 spiro atoms. The maximum atomic E-state index is 13.1. The van der Waals surface area contributed by atoms with Gasteiger partial charge in [-0.15, -0.1) is 0 Å². The van der Waals surface area contributed by atoms with Gasteiger partial charge < -0.3 is 15.6 Å². The van der Waals surface area contributed by atoms with Crippen LogP contribution in [0.3, 0.4) is 0 Å². The van der Waals surface area contributed by atoms with Crippen molar-refractivity contribution in [2.75, 3.05) is 18.9 Å². The average molecular weight is 199 g/mol. The second kappa shape index (κ2) is 4.57. The summed E-state index contributed by atoms with van der Waals surface area (Å²) in [5.41, 5.74) is 5.35. The Morgan fingerprint density at radius 3 is 2.86 bits per heavy atom. The SMILES string of the molecule is Nc1ccc(C(=O)OCCO)c(F)c1. The predicted molar refractivity (Wildman–Crippen MR) is 48.2 cm³/mol. The predicted octanol–water partition coefficient (Wildman–Crippen LogP) is 0.557. The number of esters is 1. The second-order valence-corrected chi connectivity index (χ2v) is 2.60. The third-order valence-corrected chi connectivity index (χ3v) is 1.54. The summed E-state index contributed by atoms with van der Waals surface area (Å²) in [5.74, 6) is -1.54. The first-order valence-electron chi connectivity index (χ1n) is 3.98. The van der Waals surface area contributed by atoms with Gasteiger partial charge in [0.15, 0.2) is 0 Å². The fraction of sp³-hybridized carbons (Fsp3) is 0.222. The molecule has 0 aliphatic rings. The topological polar surface area (TPSA) is 72.6 Å². The lowest BCUT2D eigenvalue weighted by atomic mass is 10.2. The number of aliphatic hydroxyl groups is 1. The minimum Gasteiger partial charge on any atom is -0.460 e. The summed E-state index contributed by atoms with van der Waals surface area (Å²) < 4.78 is 17.6. The molecule has 1 aromatic rings. The zero-order chi connectivity index (χ0) is 10.6. The molecule has 3 N–H and O–H groups in total. The van der Waals surface area contributed by atoms with Crippen LogP contribution in [0.15, 0.2) is 18.2 Å². The number of hydrogen-bond donors (Lipinski definition) is 2. The molecule has 0 atom stereocenters. The summed E-state index contributed by atoms with van der Waals surface area (Å²) >= 11 is 0. The number of anilines is 1. The second-order valence-electron chi connectivity index (χ2n) is 2.60. The van der Waals surface area contributed by atoms with Crippen molar-refractivity contribution in [2.24, 2.45) is 0 Å². The van der Waals surface area contributed by atoms with Crippen molar-refractivity contribution in [3.05, 3.63) is 29.6 Å². The Morgan fingerprint density at radius 1 is 1.57 bits per heavy atom. The summed E-state index contributed by atoms with van der Waals surface area (Å²) in [6, 6.07) is 3.68. The molecule has 0 aliphatic heterocycles. The van der Waals surface area contributed by atoms with Crippen LogP contribution in [0.25, 0.3) is 0 Å². The third-order valence-electron chi connectivity index (χ3n) is 1.54. The molecule has 0 aromatic heterocycles. The highest BCUT2D eigenvalue weighted by Gasteiger charge is 2.12. The maximum Gasteiger partial charge on any atom is 0.341 e. The van der Waals surface area contributed by atoms with E-state index in [2.05, 4.69) is 4.74 Å². The van der Waals surface area contributed by atoms with E-state index in [1.807, 2.05) is 0 Å². The lowest BCUT2D eigenvalue weighted by molar-refractivity contribution is 0.0428. The molecule has 4 nitrogen and oxygen atoms in total. The van der Waals surface area contributed by atoms with E-state index in [9.17, 15) is 9.18 Å². The van der Waals surface area contributed by atoms with Crippen molar-refractivity contribution in [3.8, 4) is 0 Å². The number of rotatable bonds is 3. The van der Waals surface area contributed by atoms with Crippen molar-refractivity contribution in [1.29, 1.82) is 0 Å². The fourth-order valence-electron chi connectivity index (χ4n) is 0.913. The number of nitrogen functional groups attached to an aromatic ring is 1. The number of nitrogens with two attached hydrogens (primary N) is 1. The van der Waals surface area contributed by atoms with Crippen LogP contribution in [0, 0.1) is 5.82 Å². The van der Waals surface area contributed by atoms with Gasteiger partial charge in [-0.1, -0.05) is 0 Å². The Hall–Kier alpha value is -1.62. The van der Waals surface area contributed by atoms with Gasteiger partial charge in [-0.05, 0) is 18.2 Å². The minimum absolute atomic E-state index is 0.150. The molecule has 0 saturated heterocycles. The number of aliphatic hydroxyl groups excluding tert-OH is 1. The van der Waals surface area contributed by atoms with Crippen LogP contribution in [0.4, 0.5) is 10.1 Å². The normalized spacial score (nSPS) is 9.86. The van der Waals surface area contributed by atoms with Crippen molar-refractivity contribution in [3.63, 3.8) is 0 Å². The van der Waals surface area contributed by atoms with E-state index in [0.717, 1.165) is 6.07 Å². The van der Waals surface area contributed by atoms with Crippen molar-refractivity contribution in [1.82, 2.24) is 0 Å². The van der Waals surface area contributed by atoms with Crippen LogP contribution in [0.5, 0.6) is 0 Å². The van der Waals surface area contributed by atoms with Gasteiger partial charge in [-0.2, -0.15) is 0 Å². The molecular weight excluding hydrogens is 189 g/mol. The number of ether oxygens (including phenoxy) is 1. The summed E-state index contributed by atoms with van der Waals surface area (Å²) in [6.07, 6.45) is 0. The quantitative estimate of drug-likeness (QED) is 0.551. The summed E-state index contributed by atoms with van der Waals surface area (Å²) in [7, 11) is 0. The molecule has 0 aliphatic carbocycles. The summed E-state index contributed by atoms with van der Waals surface area (Å²) in [5, 5.41) is 8.38. The Bertz CT molecular complexity index is 341. The molecule has 0 heterocycles. The summed E-state index contributed by atoms with van der Waals surface area (Å²) in [6.45, 7) is -0.440. The minimum atomic E-state index is -0.809. The molecule has 5 heteroatoms. The van der Waals surface area contributed by atoms with Crippen LogP contribution in [0.2, 0.25) is 0 Å². The monoisotopic (exact) mass is 199 g/mol. The number of hydrogen-bond acceptors (Lipinski definition) is 4. The number of halogens is 1. The van der Waals surface area contributed by atoms with E-state index in [1.165, 1.54) is 12.1 Å². The molecule has 1 aromatic carbocycles. The number of carbonyl (C=O) groups excluding carboxylic acids is 1. The largest absolute Gasteiger partial charge is 0.460 e. The molecule has 0 fully saturated rings. The Kier molecular flexibility index (Phi) is 3.41. The molecule has 76 valence electrons. The zero-order valence-corrected chi connectivity index (χ0v) is 7.37. The van der Waals surface area contributed by atoms with E-state index in [0.29, 0.717) is 0 Å². The van der Waals surface area contributed by atoms with E-state index in [1.54, 1.807) is 0 Å². The lowest BCUT2D eigenvalue weighted by Crippen LogP contribution is -2.10. The molecule has 0 amide bonds. The molecular formula is C9H10FNO3. The van der Waals surface area contributed by atoms with Gasteiger partial charge >= 0.3 is 5.97 Å². The van der Waals surface area contributed by atoms with Crippen LogP contribution in [0.1, 0.15) is 10.4 Å². The highest BCUT2D eigenvalue weighted by molar-refractivity contribution is 5.90. The van der Waals surface area contributed by atoms with Crippen LogP contribution >= 0.6 is 0 Å². The first-order valence-corrected chi connectivity index (χ1v) is 3.98. The van der Waals surface area contributed by atoms with Gasteiger partial charge in [-0.3, -0.25) is 0 Å². The molecule has 0 saturated carbocycles. The number of carbonyl (C=O) groups is 1. The fourth-order valence-corrected chi connectivity index (χ4v) is 0.913. The maximum absolute atomic E-state index is 13.1. The van der Waals surface area contributed by atoms with Crippen LogP contribution in [-0.4, -0.2) is 24.3 Å². The molecule has 0 unspecified atom stereocenters. The highest BCUT2D eigenvalue weighted by atomic mass is 19.1. The molecule has 0 radical (unpaired) electrons. The van der Waals surface area contributed by atoms with Gasteiger partial charge in [0, 0.05) is 5.69 Å². The zero-order valence-electron chi connectivity index (χ0n) is 7.37. The average Bonchev–Trinajstić information content (AvgIpc) is 2.14. The number of benzene rings is 1. The van der Waals surface area contributed by atoms with Crippen molar-refractivity contribution >= 4 is 11.7 Å². The first kappa shape index (κ1) is 10.5.